The van der Waals surface area contributed by atoms with Crippen molar-refractivity contribution in [2.24, 2.45) is 0 Å². The Hall–Kier alpha value is -3.27. The summed E-state index contributed by atoms with van der Waals surface area (Å²) in [5.74, 6) is 3.02. The number of hydrogen-bond acceptors (Lipinski definition) is 7. The molecule has 1 aliphatic heterocycles. The molecule has 0 atom stereocenters. The number of halogens is 3. The minimum atomic E-state index is -5.33. The average Bonchev–Trinajstić information content (AvgIpc) is 3.03. The van der Waals surface area contributed by atoms with Gasteiger partial charge in [-0.1, -0.05) is 10.7 Å². The first-order valence-electron chi connectivity index (χ1n) is 8.14. The molecule has 1 saturated heterocycles. The fourth-order valence-corrected chi connectivity index (χ4v) is 2.73. The number of alkyl halides is 3. The van der Waals surface area contributed by atoms with E-state index in [1.807, 2.05) is 4.98 Å². The molecule has 0 amide bonds. The number of hydrogen-bond donors (Lipinski definition) is 2. The molecule has 28 heavy (non-hydrogen) atoms. The van der Waals surface area contributed by atoms with Crippen molar-refractivity contribution < 1.29 is 22.8 Å². The highest BCUT2D eigenvalue weighted by Gasteiger charge is 2.42. The van der Waals surface area contributed by atoms with Gasteiger partial charge in [-0.05, 0) is 6.92 Å². The molecule has 0 aromatic carbocycles. The molecule has 150 valence electrons. The molecule has 2 N–H and O–H groups in total. The van der Waals surface area contributed by atoms with Crippen molar-refractivity contribution in [3.05, 3.63) is 20.8 Å². The van der Waals surface area contributed by atoms with Gasteiger partial charge in [-0.3, -0.25) is 14.3 Å². The minimum absolute atomic E-state index is 0.000757. The van der Waals surface area contributed by atoms with Crippen LogP contribution in [0.5, 0.6) is 0 Å². The quantitative estimate of drug-likeness (QED) is 0.625. The van der Waals surface area contributed by atoms with Crippen LogP contribution in [0.15, 0.2) is 9.59 Å². The Morgan fingerprint density at radius 1 is 1.29 bits per heavy atom. The van der Waals surface area contributed by atoms with Gasteiger partial charge in [-0.25, -0.2) is 9.59 Å². The Morgan fingerprint density at radius 2 is 1.96 bits per heavy atom. The first-order valence-corrected chi connectivity index (χ1v) is 8.14. The number of H-pyrrole nitrogens is 1. The van der Waals surface area contributed by atoms with E-state index in [0.29, 0.717) is 26.2 Å². The number of rotatable bonds is 3. The maximum atomic E-state index is 12.6. The predicted molar refractivity (Wildman–Crippen MR) is 90.8 cm³/mol. The third-order valence-electron chi connectivity index (χ3n) is 3.96. The van der Waals surface area contributed by atoms with Gasteiger partial charge < -0.3 is 15.1 Å². The molecule has 0 spiro atoms. The third kappa shape index (κ3) is 3.58. The van der Waals surface area contributed by atoms with Crippen molar-refractivity contribution in [3.63, 3.8) is 0 Å². The van der Waals surface area contributed by atoms with Gasteiger partial charge in [-0.2, -0.15) is 18.2 Å². The van der Waals surface area contributed by atoms with Crippen molar-refractivity contribution in [3.8, 4) is 11.8 Å². The van der Waals surface area contributed by atoms with Crippen LogP contribution in [-0.2, 0) is 11.3 Å². The van der Waals surface area contributed by atoms with E-state index in [2.05, 4.69) is 27.0 Å². The molecule has 0 unspecified atom stereocenters. The van der Waals surface area contributed by atoms with Gasteiger partial charge in [0.2, 0.25) is 11.6 Å². The standard InChI is InChI=1S/C15H15F3N6O4/c1-2-3-6-23-9-10(20-13(23)22-7-4-19-5-8-22)24(14(27)21-11(9)25)28-12(26)15(16,17)18/h19H,4-8H2,1H3,(H,21,25,27). The van der Waals surface area contributed by atoms with Gasteiger partial charge >= 0.3 is 17.8 Å². The second-order valence-corrected chi connectivity index (χ2v) is 5.76. The molecule has 3 rings (SSSR count). The third-order valence-corrected chi connectivity index (χ3v) is 3.96. The smallest absolute Gasteiger partial charge is 0.340 e. The van der Waals surface area contributed by atoms with Gasteiger partial charge in [-0.15, -0.1) is 5.92 Å². The Bertz CT molecular complexity index is 1080. The number of imidazole rings is 1. The van der Waals surface area contributed by atoms with E-state index in [9.17, 15) is 27.6 Å². The highest BCUT2D eigenvalue weighted by atomic mass is 19.4. The van der Waals surface area contributed by atoms with E-state index >= 15 is 0 Å². The van der Waals surface area contributed by atoms with Crippen LogP contribution in [0.1, 0.15) is 6.92 Å². The molecule has 0 radical (unpaired) electrons. The number of aromatic nitrogens is 4. The van der Waals surface area contributed by atoms with Crippen LogP contribution >= 0.6 is 0 Å². The lowest BCUT2D eigenvalue weighted by atomic mass is 10.4. The monoisotopic (exact) mass is 400 g/mol. The summed E-state index contributed by atoms with van der Waals surface area (Å²) >= 11 is 0. The minimum Gasteiger partial charge on any atom is -0.340 e. The van der Waals surface area contributed by atoms with E-state index in [0.717, 1.165) is 0 Å². The van der Waals surface area contributed by atoms with Gasteiger partial charge in [0.25, 0.3) is 5.56 Å². The largest absolute Gasteiger partial charge is 0.493 e. The molecule has 0 aliphatic carbocycles. The number of nitrogens with one attached hydrogen (secondary N) is 2. The zero-order chi connectivity index (χ0) is 20.5. The molecular formula is C15H15F3N6O4. The van der Waals surface area contributed by atoms with Crippen LogP contribution in [0, 0.1) is 11.8 Å². The Morgan fingerprint density at radius 3 is 2.57 bits per heavy atom. The molecular weight excluding hydrogens is 385 g/mol. The predicted octanol–water partition coefficient (Wildman–Crippen LogP) is -1.16. The number of carbonyl (C=O) groups excluding carboxylic acids is 1. The van der Waals surface area contributed by atoms with Crippen LogP contribution in [0.4, 0.5) is 19.1 Å². The first kappa shape index (κ1) is 19.5. The number of aromatic amines is 1. The van der Waals surface area contributed by atoms with Gasteiger partial charge in [0.1, 0.15) is 0 Å². The Kier molecular flexibility index (Phi) is 5.14. The van der Waals surface area contributed by atoms with Gasteiger partial charge in [0, 0.05) is 26.2 Å². The van der Waals surface area contributed by atoms with Crippen molar-refractivity contribution in [2.45, 2.75) is 19.6 Å². The summed E-state index contributed by atoms with van der Waals surface area (Å²) in [5, 5.41) is 3.13. The number of anilines is 1. The lowest BCUT2D eigenvalue weighted by Crippen LogP contribution is -2.44. The van der Waals surface area contributed by atoms with Gasteiger partial charge in [0.05, 0.1) is 6.54 Å². The fraction of sp³-hybridized carbons (Fsp3) is 0.467. The van der Waals surface area contributed by atoms with Crippen LogP contribution in [0.3, 0.4) is 0 Å². The topological polar surface area (TPSA) is 114 Å². The van der Waals surface area contributed by atoms with Crippen molar-refractivity contribution >= 4 is 23.1 Å². The number of nitrogens with zero attached hydrogens (tertiary/aromatic N) is 4. The Labute approximate surface area is 154 Å². The van der Waals surface area contributed by atoms with E-state index in [4.69, 9.17) is 0 Å². The first-order chi connectivity index (χ1) is 13.2. The van der Waals surface area contributed by atoms with Crippen molar-refractivity contribution in [1.29, 1.82) is 0 Å². The molecule has 2 aromatic heterocycles. The van der Waals surface area contributed by atoms with E-state index in [-0.39, 0.29) is 22.7 Å². The van der Waals surface area contributed by atoms with E-state index in [1.165, 1.54) is 4.57 Å². The highest BCUT2D eigenvalue weighted by molar-refractivity contribution is 5.78. The van der Waals surface area contributed by atoms with Crippen molar-refractivity contribution in [2.75, 3.05) is 31.1 Å². The van der Waals surface area contributed by atoms with Crippen LogP contribution in [-0.4, -0.2) is 57.6 Å². The summed E-state index contributed by atoms with van der Waals surface area (Å²) in [6.07, 6.45) is -5.33. The average molecular weight is 400 g/mol. The van der Waals surface area contributed by atoms with Crippen LogP contribution < -0.4 is 26.3 Å². The molecule has 1 fully saturated rings. The highest BCUT2D eigenvalue weighted by Crippen LogP contribution is 2.20. The van der Waals surface area contributed by atoms with Crippen LogP contribution in [0.25, 0.3) is 11.2 Å². The Balaban J connectivity index is 2.23. The maximum absolute atomic E-state index is 12.6. The molecule has 2 aromatic rings. The summed E-state index contributed by atoms with van der Waals surface area (Å²) in [7, 11) is 0. The maximum Gasteiger partial charge on any atom is 0.493 e. The molecule has 10 nitrogen and oxygen atoms in total. The molecule has 0 saturated carbocycles. The normalized spacial score (nSPS) is 14.6. The fourth-order valence-electron chi connectivity index (χ4n) is 2.73. The molecule has 3 heterocycles. The SMILES string of the molecule is CC#CCn1c(N2CCNCC2)nc2c1c(=O)[nH]c(=O)n2OC(=O)C(F)(F)F. The summed E-state index contributed by atoms with van der Waals surface area (Å²) in [6, 6.07) is 0. The second kappa shape index (κ2) is 7.39. The van der Waals surface area contributed by atoms with E-state index in [1.54, 1.807) is 11.8 Å². The molecule has 13 heteroatoms. The zero-order valence-corrected chi connectivity index (χ0v) is 14.6. The number of fused-ring (bicyclic) bond motifs is 1. The summed E-state index contributed by atoms with van der Waals surface area (Å²) in [6.45, 7) is 3.83. The number of piperazine rings is 1. The zero-order valence-electron chi connectivity index (χ0n) is 14.6. The van der Waals surface area contributed by atoms with E-state index < -0.39 is 29.0 Å². The number of carbonyl (C=O) groups is 1. The second-order valence-electron chi connectivity index (χ2n) is 5.76. The molecule has 0 bridgehead atoms. The lowest BCUT2D eigenvalue weighted by Gasteiger charge is -2.28. The lowest BCUT2D eigenvalue weighted by molar-refractivity contribution is -0.199. The molecule has 1 aliphatic rings. The summed E-state index contributed by atoms with van der Waals surface area (Å²) in [5.41, 5.74) is -2.97. The van der Waals surface area contributed by atoms with Crippen LogP contribution in [0.2, 0.25) is 0 Å². The summed E-state index contributed by atoms with van der Waals surface area (Å²) in [4.78, 5) is 47.5. The van der Waals surface area contributed by atoms with Crippen molar-refractivity contribution in [1.82, 2.24) is 24.6 Å². The summed E-state index contributed by atoms with van der Waals surface area (Å²) < 4.78 is 39.1. The van der Waals surface area contributed by atoms with Gasteiger partial charge in [0.15, 0.2) is 5.52 Å².